The lowest BCUT2D eigenvalue weighted by Gasteiger charge is -2.11. The SMILES string of the molecule is COc1ccc(C(=O)N/C(=C\c2ccc(Cl)cc2)C(=O)NCCc2nc3ccccc3[nH]2)cc1. The van der Waals surface area contributed by atoms with Crippen molar-refractivity contribution in [3.63, 3.8) is 0 Å². The highest BCUT2D eigenvalue weighted by Crippen LogP contribution is 2.14. The Balaban J connectivity index is 1.47. The highest BCUT2D eigenvalue weighted by molar-refractivity contribution is 6.30. The van der Waals surface area contributed by atoms with Crippen molar-refractivity contribution in [1.29, 1.82) is 0 Å². The molecule has 0 fully saturated rings. The lowest BCUT2D eigenvalue weighted by atomic mass is 10.1. The minimum Gasteiger partial charge on any atom is -0.497 e. The predicted molar refractivity (Wildman–Crippen MR) is 133 cm³/mol. The highest BCUT2D eigenvalue weighted by Gasteiger charge is 2.15. The zero-order valence-corrected chi connectivity index (χ0v) is 19.2. The molecule has 7 nitrogen and oxygen atoms in total. The summed E-state index contributed by atoms with van der Waals surface area (Å²) in [5.74, 6) is 0.590. The van der Waals surface area contributed by atoms with Gasteiger partial charge in [-0.2, -0.15) is 0 Å². The third-order valence-corrected chi connectivity index (χ3v) is 5.36. The van der Waals surface area contributed by atoms with Crippen LogP contribution < -0.4 is 15.4 Å². The second-order valence-electron chi connectivity index (χ2n) is 7.50. The number of halogens is 1. The van der Waals surface area contributed by atoms with Crippen LogP contribution in [0, 0.1) is 0 Å². The lowest BCUT2D eigenvalue weighted by Crippen LogP contribution is -2.35. The molecule has 34 heavy (non-hydrogen) atoms. The quantitative estimate of drug-likeness (QED) is 0.331. The van der Waals surface area contributed by atoms with Crippen LogP contribution in [-0.4, -0.2) is 35.4 Å². The van der Waals surface area contributed by atoms with Crippen LogP contribution in [0.1, 0.15) is 21.7 Å². The number of ether oxygens (including phenoxy) is 1. The summed E-state index contributed by atoms with van der Waals surface area (Å²) in [6.45, 7) is 0.342. The van der Waals surface area contributed by atoms with Gasteiger partial charge in [-0.3, -0.25) is 9.59 Å². The number of H-pyrrole nitrogens is 1. The molecule has 0 aliphatic carbocycles. The van der Waals surface area contributed by atoms with Crippen LogP contribution >= 0.6 is 11.6 Å². The Morgan fingerprint density at radius 3 is 2.47 bits per heavy atom. The van der Waals surface area contributed by atoms with E-state index in [-0.39, 0.29) is 5.70 Å². The number of fused-ring (bicyclic) bond motifs is 1. The number of rotatable bonds is 8. The Morgan fingerprint density at radius 1 is 1.03 bits per heavy atom. The monoisotopic (exact) mass is 474 g/mol. The first-order valence-corrected chi connectivity index (χ1v) is 11.0. The maximum atomic E-state index is 13.0. The van der Waals surface area contributed by atoms with E-state index in [2.05, 4.69) is 20.6 Å². The lowest BCUT2D eigenvalue weighted by molar-refractivity contribution is -0.117. The topological polar surface area (TPSA) is 96.1 Å². The number of hydrogen-bond donors (Lipinski definition) is 3. The number of carbonyl (C=O) groups is 2. The number of benzene rings is 3. The Morgan fingerprint density at radius 2 is 1.76 bits per heavy atom. The van der Waals surface area contributed by atoms with Crippen LogP contribution in [0.5, 0.6) is 5.75 Å². The van der Waals surface area contributed by atoms with Crippen LogP contribution in [-0.2, 0) is 11.2 Å². The van der Waals surface area contributed by atoms with Gasteiger partial charge in [-0.25, -0.2) is 4.98 Å². The van der Waals surface area contributed by atoms with Gasteiger partial charge in [0, 0.05) is 23.6 Å². The molecular weight excluding hydrogens is 452 g/mol. The van der Waals surface area contributed by atoms with Gasteiger partial charge in [0.05, 0.1) is 18.1 Å². The fraction of sp³-hybridized carbons (Fsp3) is 0.115. The zero-order valence-electron chi connectivity index (χ0n) is 18.5. The Hall–Kier alpha value is -4.10. The van der Waals surface area contributed by atoms with Gasteiger partial charge < -0.3 is 20.4 Å². The van der Waals surface area contributed by atoms with Gasteiger partial charge in [0.25, 0.3) is 11.8 Å². The van der Waals surface area contributed by atoms with Crippen molar-refractivity contribution >= 4 is 40.5 Å². The summed E-state index contributed by atoms with van der Waals surface area (Å²) in [4.78, 5) is 33.5. The molecule has 0 aliphatic heterocycles. The van der Waals surface area contributed by atoms with E-state index in [0.717, 1.165) is 22.4 Å². The molecular formula is C26H23ClN4O3. The summed E-state index contributed by atoms with van der Waals surface area (Å²) in [6.07, 6.45) is 2.12. The van der Waals surface area contributed by atoms with Gasteiger partial charge in [0.2, 0.25) is 0 Å². The number of carbonyl (C=O) groups excluding carboxylic acids is 2. The van der Waals surface area contributed by atoms with E-state index in [1.165, 1.54) is 0 Å². The first kappa shape index (κ1) is 23.1. The molecule has 0 unspecified atom stereocenters. The standard InChI is InChI=1S/C26H23ClN4O3/c1-34-20-12-8-18(9-13-20)25(32)31-23(16-17-6-10-19(27)11-7-17)26(33)28-15-14-24-29-21-4-2-3-5-22(21)30-24/h2-13,16H,14-15H2,1H3,(H,28,33)(H,29,30)(H,31,32)/b23-16-. The molecule has 4 rings (SSSR count). The maximum Gasteiger partial charge on any atom is 0.267 e. The number of imidazole rings is 1. The van der Waals surface area contributed by atoms with Crippen molar-refractivity contribution in [2.45, 2.75) is 6.42 Å². The van der Waals surface area contributed by atoms with Gasteiger partial charge in [-0.15, -0.1) is 0 Å². The molecule has 2 amide bonds. The minimum atomic E-state index is -0.409. The fourth-order valence-electron chi connectivity index (χ4n) is 3.33. The van der Waals surface area contributed by atoms with Gasteiger partial charge in [0.1, 0.15) is 17.3 Å². The van der Waals surface area contributed by atoms with Crippen LogP contribution in [0.2, 0.25) is 5.02 Å². The smallest absolute Gasteiger partial charge is 0.267 e. The number of nitrogens with zero attached hydrogens (tertiary/aromatic N) is 1. The first-order valence-electron chi connectivity index (χ1n) is 10.7. The summed E-state index contributed by atoms with van der Waals surface area (Å²) in [5, 5.41) is 6.15. The molecule has 0 spiro atoms. The van der Waals surface area contributed by atoms with Crippen molar-refractivity contribution in [2.24, 2.45) is 0 Å². The summed E-state index contributed by atoms with van der Waals surface area (Å²) in [6, 6.07) is 21.3. The third-order valence-electron chi connectivity index (χ3n) is 5.11. The number of aromatic amines is 1. The molecule has 8 heteroatoms. The fourth-order valence-corrected chi connectivity index (χ4v) is 3.46. The second kappa shape index (κ2) is 10.7. The molecule has 3 N–H and O–H groups in total. The Kier molecular flexibility index (Phi) is 7.25. The zero-order chi connectivity index (χ0) is 23.9. The van der Waals surface area contributed by atoms with E-state index in [4.69, 9.17) is 16.3 Å². The summed E-state index contributed by atoms with van der Waals surface area (Å²) in [7, 11) is 1.55. The summed E-state index contributed by atoms with van der Waals surface area (Å²) < 4.78 is 5.13. The van der Waals surface area contributed by atoms with E-state index >= 15 is 0 Å². The van der Waals surface area contributed by atoms with Crippen LogP contribution in [0.15, 0.2) is 78.5 Å². The van der Waals surface area contributed by atoms with Gasteiger partial charge in [-0.05, 0) is 60.2 Å². The molecule has 0 saturated carbocycles. The Bertz CT molecular complexity index is 1300. The largest absolute Gasteiger partial charge is 0.497 e. The first-order chi connectivity index (χ1) is 16.5. The molecule has 0 bridgehead atoms. The summed E-state index contributed by atoms with van der Waals surface area (Å²) in [5.41, 5.74) is 3.06. The van der Waals surface area contributed by atoms with E-state index in [1.807, 2.05) is 24.3 Å². The van der Waals surface area contributed by atoms with Crippen molar-refractivity contribution in [3.05, 3.63) is 100 Å². The van der Waals surface area contributed by atoms with Gasteiger partial charge >= 0.3 is 0 Å². The van der Waals surface area contributed by atoms with Crippen molar-refractivity contribution in [3.8, 4) is 5.75 Å². The molecule has 0 radical (unpaired) electrons. The summed E-state index contributed by atoms with van der Waals surface area (Å²) >= 11 is 5.97. The van der Waals surface area contributed by atoms with Gasteiger partial charge in [-0.1, -0.05) is 35.9 Å². The van der Waals surface area contributed by atoms with Crippen molar-refractivity contribution < 1.29 is 14.3 Å². The van der Waals surface area contributed by atoms with Crippen molar-refractivity contribution in [1.82, 2.24) is 20.6 Å². The van der Waals surface area contributed by atoms with E-state index in [1.54, 1.807) is 61.7 Å². The maximum absolute atomic E-state index is 13.0. The molecule has 0 aliphatic rings. The molecule has 172 valence electrons. The highest BCUT2D eigenvalue weighted by atomic mass is 35.5. The molecule has 1 aromatic heterocycles. The van der Waals surface area contributed by atoms with Crippen LogP contribution in [0.3, 0.4) is 0 Å². The number of hydrogen-bond acceptors (Lipinski definition) is 4. The number of aromatic nitrogens is 2. The van der Waals surface area contributed by atoms with E-state index < -0.39 is 11.8 Å². The average molecular weight is 475 g/mol. The number of para-hydroxylation sites is 2. The van der Waals surface area contributed by atoms with Gasteiger partial charge in [0.15, 0.2) is 0 Å². The normalized spacial score (nSPS) is 11.3. The molecule has 0 saturated heterocycles. The second-order valence-corrected chi connectivity index (χ2v) is 7.94. The molecule has 3 aromatic carbocycles. The van der Waals surface area contributed by atoms with Crippen molar-refractivity contribution in [2.75, 3.05) is 13.7 Å². The predicted octanol–water partition coefficient (Wildman–Crippen LogP) is 4.35. The number of amides is 2. The number of nitrogens with one attached hydrogen (secondary N) is 3. The van der Waals surface area contributed by atoms with E-state index in [0.29, 0.717) is 29.3 Å². The molecule has 4 aromatic rings. The minimum absolute atomic E-state index is 0.118. The van der Waals surface area contributed by atoms with E-state index in [9.17, 15) is 9.59 Å². The average Bonchev–Trinajstić information content (AvgIpc) is 3.27. The molecule has 0 atom stereocenters. The van der Waals surface area contributed by atoms with Crippen LogP contribution in [0.25, 0.3) is 17.1 Å². The molecule has 1 heterocycles. The van der Waals surface area contributed by atoms with Crippen LogP contribution in [0.4, 0.5) is 0 Å². The Labute approximate surface area is 201 Å². The number of methoxy groups -OCH3 is 1. The third kappa shape index (κ3) is 5.82.